The van der Waals surface area contributed by atoms with Crippen LogP contribution in [0.3, 0.4) is 0 Å². The molecule has 0 unspecified atom stereocenters. The number of hydrogen-bond acceptors (Lipinski definition) is 1. The summed E-state index contributed by atoms with van der Waals surface area (Å²) in [4.78, 5) is 0. The molecule has 0 saturated heterocycles. The molecule has 0 aliphatic carbocycles. The van der Waals surface area contributed by atoms with E-state index in [1.54, 1.807) is 0 Å². The zero-order chi connectivity index (χ0) is 7.28. The summed E-state index contributed by atoms with van der Waals surface area (Å²) in [6, 6.07) is 0.421. The summed E-state index contributed by atoms with van der Waals surface area (Å²) in [7, 11) is 0. The Hall–Kier alpha value is -0.0400. The molecule has 1 nitrogen and oxygen atoms in total. The monoisotopic (exact) mass is 129 g/mol. The van der Waals surface area contributed by atoms with Gasteiger partial charge in [0.05, 0.1) is 0 Å². The Morgan fingerprint density at radius 2 is 1.89 bits per heavy atom. The SMILES string of the molecule is CCCC[C@@H](N)C(C)C. The Morgan fingerprint density at radius 1 is 1.33 bits per heavy atom. The lowest BCUT2D eigenvalue weighted by molar-refractivity contribution is 0.450. The fourth-order valence-corrected chi connectivity index (χ4v) is 0.773. The van der Waals surface area contributed by atoms with Crippen LogP contribution >= 0.6 is 0 Å². The van der Waals surface area contributed by atoms with Crippen molar-refractivity contribution in [1.29, 1.82) is 0 Å². The lowest BCUT2D eigenvalue weighted by atomic mass is 10.00. The number of unbranched alkanes of at least 4 members (excludes halogenated alkanes) is 1. The molecule has 0 amide bonds. The van der Waals surface area contributed by atoms with Gasteiger partial charge in [0.25, 0.3) is 0 Å². The molecule has 2 N–H and O–H groups in total. The van der Waals surface area contributed by atoms with E-state index in [0.717, 1.165) is 0 Å². The van der Waals surface area contributed by atoms with Gasteiger partial charge in [0.1, 0.15) is 0 Å². The molecule has 0 spiro atoms. The van der Waals surface area contributed by atoms with Crippen LogP contribution in [0, 0.1) is 5.92 Å². The number of nitrogens with two attached hydrogens (primary N) is 1. The molecule has 0 aromatic carbocycles. The molecule has 56 valence electrons. The molecule has 0 heterocycles. The maximum Gasteiger partial charge on any atom is 0.00618 e. The van der Waals surface area contributed by atoms with Gasteiger partial charge < -0.3 is 5.73 Å². The summed E-state index contributed by atoms with van der Waals surface area (Å²) in [5, 5.41) is 0. The van der Waals surface area contributed by atoms with Gasteiger partial charge in [-0.3, -0.25) is 0 Å². The summed E-state index contributed by atoms with van der Waals surface area (Å²) in [5.41, 5.74) is 5.80. The lowest BCUT2D eigenvalue weighted by Crippen LogP contribution is -2.25. The van der Waals surface area contributed by atoms with Crippen molar-refractivity contribution >= 4 is 0 Å². The lowest BCUT2D eigenvalue weighted by Gasteiger charge is -2.13. The molecule has 1 atom stereocenters. The van der Waals surface area contributed by atoms with E-state index in [4.69, 9.17) is 5.73 Å². The standard InChI is InChI=1S/C8H19N/c1-4-5-6-8(9)7(2)3/h7-8H,4-6,9H2,1-3H3/t8-/m1/s1. The second-order valence-electron chi connectivity index (χ2n) is 3.05. The average Bonchev–Trinajstić information content (AvgIpc) is 1.82. The highest BCUT2D eigenvalue weighted by atomic mass is 14.6. The predicted molar refractivity (Wildman–Crippen MR) is 42.3 cm³/mol. The zero-order valence-electron chi connectivity index (χ0n) is 6.85. The van der Waals surface area contributed by atoms with Crippen molar-refractivity contribution in [3.8, 4) is 0 Å². The highest BCUT2D eigenvalue weighted by Crippen LogP contribution is 2.06. The minimum atomic E-state index is 0.421. The Balaban J connectivity index is 3.16. The first kappa shape index (κ1) is 8.96. The van der Waals surface area contributed by atoms with E-state index >= 15 is 0 Å². The van der Waals surface area contributed by atoms with Crippen molar-refractivity contribution in [2.24, 2.45) is 11.7 Å². The van der Waals surface area contributed by atoms with Crippen LogP contribution in [-0.4, -0.2) is 6.04 Å². The maximum atomic E-state index is 5.80. The van der Waals surface area contributed by atoms with Gasteiger partial charge in [-0.1, -0.05) is 33.6 Å². The van der Waals surface area contributed by atoms with E-state index in [1.807, 2.05) is 0 Å². The third-order valence-electron chi connectivity index (χ3n) is 1.75. The van der Waals surface area contributed by atoms with E-state index in [1.165, 1.54) is 19.3 Å². The average molecular weight is 129 g/mol. The fourth-order valence-electron chi connectivity index (χ4n) is 0.773. The van der Waals surface area contributed by atoms with E-state index in [9.17, 15) is 0 Å². The summed E-state index contributed by atoms with van der Waals surface area (Å²) < 4.78 is 0. The molecular formula is C8H19N. The molecule has 0 aliphatic rings. The maximum absolute atomic E-state index is 5.80. The summed E-state index contributed by atoms with van der Waals surface area (Å²) in [5.74, 6) is 0.650. The third kappa shape index (κ3) is 4.46. The van der Waals surface area contributed by atoms with Crippen LogP contribution in [-0.2, 0) is 0 Å². The van der Waals surface area contributed by atoms with E-state index in [0.29, 0.717) is 12.0 Å². The smallest absolute Gasteiger partial charge is 0.00618 e. The Kier molecular flexibility index (Phi) is 4.78. The first-order valence-corrected chi connectivity index (χ1v) is 3.94. The van der Waals surface area contributed by atoms with Crippen LogP contribution in [0.1, 0.15) is 40.0 Å². The molecule has 0 bridgehead atoms. The van der Waals surface area contributed by atoms with E-state index in [2.05, 4.69) is 20.8 Å². The van der Waals surface area contributed by atoms with Gasteiger partial charge in [-0.25, -0.2) is 0 Å². The Labute approximate surface area is 58.6 Å². The van der Waals surface area contributed by atoms with Crippen molar-refractivity contribution in [1.82, 2.24) is 0 Å². The second kappa shape index (κ2) is 4.80. The van der Waals surface area contributed by atoms with Gasteiger partial charge in [-0.2, -0.15) is 0 Å². The van der Waals surface area contributed by atoms with Crippen LogP contribution in [0.25, 0.3) is 0 Å². The van der Waals surface area contributed by atoms with Crippen molar-refractivity contribution in [3.63, 3.8) is 0 Å². The quantitative estimate of drug-likeness (QED) is 0.618. The molecule has 1 heteroatoms. The zero-order valence-corrected chi connectivity index (χ0v) is 6.85. The Morgan fingerprint density at radius 3 is 2.22 bits per heavy atom. The topological polar surface area (TPSA) is 26.0 Å². The van der Waals surface area contributed by atoms with Crippen LogP contribution in [0.4, 0.5) is 0 Å². The molecule has 0 aliphatic heterocycles. The molecule has 0 aromatic rings. The normalized spacial score (nSPS) is 14.3. The van der Waals surface area contributed by atoms with Gasteiger partial charge in [0, 0.05) is 6.04 Å². The molecule has 9 heavy (non-hydrogen) atoms. The first-order chi connectivity index (χ1) is 4.18. The van der Waals surface area contributed by atoms with E-state index in [-0.39, 0.29) is 0 Å². The van der Waals surface area contributed by atoms with Crippen LogP contribution in [0.5, 0.6) is 0 Å². The second-order valence-corrected chi connectivity index (χ2v) is 3.05. The minimum Gasteiger partial charge on any atom is -0.327 e. The van der Waals surface area contributed by atoms with Crippen molar-refractivity contribution in [3.05, 3.63) is 0 Å². The predicted octanol–water partition coefficient (Wildman–Crippen LogP) is 2.16. The van der Waals surface area contributed by atoms with Gasteiger partial charge in [-0.15, -0.1) is 0 Å². The van der Waals surface area contributed by atoms with Crippen LogP contribution in [0.15, 0.2) is 0 Å². The van der Waals surface area contributed by atoms with Crippen LogP contribution < -0.4 is 5.73 Å². The molecular weight excluding hydrogens is 110 g/mol. The summed E-state index contributed by atoms with van der Waals surface area (Å²) in [6.45, 7) is 6.56. The van der Waals surface area contributed by atoms with Gasteiger partial charge in [0.2, 0.25) is 0 Å². The summed E-state index contributed by atoms with van der Waals surface area (Å²) in [6.07, 6.45) is 3.73. The Bertz CT molecular complexity index is 59.6. The highest BCUT2D eigenvalue weighted by molar-refractivity contribution is 4.63. The molecule has 0 aromatic heterocycles. The van der Waals surface area contributed by atoms with Crippen molar-refractivity contribution < 1.29 is 0 Å². The number of hydrogen-bond donors (Lipinski definition) is 1. The van der Waals surface area contributed by atoms with E-state index < -0.39 is 0 Å². The van der Waals surface area contributed by atoms with Crippen LogP contribution in [0.2, 0.25) is 0 Å². The third-order valence-corrected chi connectivity index (χ3v) is 1.75. The highest BCUT2D eigenvalue weighted by Gasteiger charge is 2.04. The largest absolute Gasteiger partial charge is 0.327 e. The van der Waals surface area contributed by atoms with Gasteiger partial charge in [-0.05, 0) is 12.3 Å². The van der Waals surface area contributed by atoms with Gasteiger partial charge >= 0.3 is 0 Å². The first-order valence-electron chi connectivity index (χ1n) is 3.94. The molecule has 0 saturated carbocycles. The molecule has 0 fully saturated rings. The molecule has 0 rings (SSSR count). The minimum absolute atomic E-state index is 0.421. The van der Waals surface area contributed by atoms with Crippen molar-refractivity contribution in [2.45, 2.75) is 46.1 Å². The molecule has 0 radical (unpaired) electrons. The van der Waals surface area contributed by atoms with Crippen molar-refractivity contribution in [2.75, 3.05) is 0 Å². The summed E-state index contributed by atoms with van der Waals surface area (Å²) >= 11 is 0. The fraction of sp³-hybridized carbons (Fsp3) is 1.00. The number of rotatable bonds is 4. The van der Waals surface area contributed by atoms with Gasteiger partial charge in [0.15, 0.2) is 0 Å².